The Hall–Kier alpha value is -0.810. The molecule has 1 aliphatic heterocycles. The van der Waals surface area contributed by atoms with E-state index in [-0.39, 0.29) is 0 Å². The van der Waals surface area contributed by atoms with Crippen molar-refractivity contribution in [1.82, 2.24) is 9.88 Å². The Labute approximate surface area is 139 Å². The maximum absolute atomic E-state index is 6.08. The van der Waals surface area contributed by atoms with Crippen LogP contribution in [0, 0.1) is 0 Å². The van der Waals surface area contributed by atoms with E-state index < -0.39 is 0 Å². The number of hydrogen-bond acceptors (Lipinski definition) is 4. The van der Waals surface area contributed by atoms with Gasteiger partial charge in [-0.2, -0.15) is 0 Å². The first kappa shape index (κ1) is 15.1. The predicted octanol–water partition coefficient (Wildman–Crippen LogP) is 3.86. The Morgan fingerprint density at radius 1 is 1.10 bits per heavy atom. The zero-order chi connectivity index (χ0) is 14.7. The summed E-state index contributed by atoms with van der Waals surface area (Å²) in [5, 5.41) is 1.55. The minimum atomic E-state index is 0.435. The van der Waals surface area contributed by atoms with Crippen LogP contribution in [0.25, 0.3) is 0 Å². The fraction of sp³-hybridized carbons (Fsp3) is 0.400. The van der Waals surface area contributed by atoms with Crippen molar-refractivity contribution in [2.24, 2.45) is 0 Å². The summed E-state index contributed by atoms with van der Waals surface area (Å²) in [5.74, 6) is 0.435. The standard InChI is InChI=1S/C15H17Cl2N3S/c16-10-13-14(17)18-15(21-13)20-8-6-19(7-9-20)11-12-4-2-1-3-5-12/h1-5H,6-11H2. The Kier molecular flexibility index (Phi) is 5.01. The van der Waals surface area contributed by atoms with Gasteiger partial charge in [0.2, 0.25) is 0 Å². The summed E-state index contributed by atoms with van der Waals surface area (Å²) in [5.41, 5.74) is 1.37. The van der Waals surface area contributed by atoms with Gasteiger partial charge in [0.1, 0.15) is 5.15 Å². The zero-order valence-electron chi connectivity index (χ0n) is 11.6. The number of rotatable bonds is 4. The van der Waals surface area contributed by atoms with E-state index in [0.717, 1.165) is 42.7 Å². The molecule has 0 bridgehead atoms. The lowest BCUT2D eigenvalue weighted by atomic mass is 10.2. The molecule has 1 fully saturated rings. The largest absolute Gasteiger partial charge is 0.345 e. The molecule has 1 aromatic carbocycles. The normalized spacial score (nSPS) is 16.4. The number of nitrogens with zero attached hydrogens (tertiary/aromatic N) is 3. The van der Waals surface area contributed by atoms with Crippen LogP contribution in [0.15, 0.2) is 30.3 Å². The topological polar surface area (TPSA) is 19.4 Å². The second-order valence-corrected chi connectivity index (χ2v) is 6.78. The van der Waals surface area contributed by atoms with Crippen LogP contribution in [0.3, 0.4) is 0 Å². The molecule has 112 valence electrons. The van der Waals surface area contributed by atoms with Crippen molar-refractivity contribution in [3.8, 4) is 0 Å². The minimum absolute atomic E-state index is 0.435. The second kappa shape index (κ2) is 6.97. The van der Waals surface area contributed by atoms with E-state index in [1.165, 1.54) is 5.56 Å². The van der Waals surface area contributed by atoms with E-state index in [1.54, 1.807) is 11.3 Å². The van der Waals surface area contributed by atoms with E-state index in [9.17, 15) is 0 Å². The number of aromatic nitrogens is 1. The van der Waals surface area contributed by atoms with Crippen LogP contribution in [-0.4, -0.2) is 36.1 Å². The van der Waals surface area contributed by atoms with Crippen molar-refractivity contribution in [3.63, 3.8) is 0 Å². The van der Waals surface area contributed by atoms with E-state index in [1.807, 2.05) is 0 Å². The molecule has 0 N–H and O–H groups in total. The summed E-state index contributed by atoms with van der Waals surface area (Å²) in [6.45, 7) is 5.07. The predicted molar refractivity (Wildman–Crippen MR) is 90.6 cm³/mol. The molecule has 3 nitrogen and oxygen atoms in total. The third-order valence-electron chi connectivity index (χ3n) is 3.65. The zero-order valence-corrected chi connectivity index (χ0v) is 14.0. The molecule has 1 aliphatic rings. The summed E-state index contributed by atoms with van der Waals surface area (Å²) < 4.78 is 0. The monoisotopic (exact) mass is 341 g/mol. The molecular formula is C15H17Cl2N3S. The van der Waals surface area contributed by atoms with E-state index in [2.05, 4.69) is 45.1 Å². The summed E-state index contributed by atoms with van der Waals surface area (Å²) in [4.78, 5) is 10.2. The molecule has 0 spiro atoms. The lowest BCUT2D eigenvalue weighted by Gasteiger charge is -2.34. The Morgan fingerprint density at radius 3 is 2.43 bits per heavy atom. The number of benzene rings is 1. The molecule has 1 saturated heterocycles. The van der Waals surface area contributed by atoms with Crippen molar-refractivity contribution in [2.75, 3.05) is 31.1 Å². The molecule has 1 aromatic heterocycles. The highest BCUT2D eigenvalue weighted by Crippen LogP contribution is 2.31. The van der Waals surface area contributed by atoms with Crippen LogP contribution in [0.1, 0.15) is 10.4 Å². The van der Waals surface area contributed by atoms with E-state index in [4.69, 9.17) is 23.2 Å². The Bertz CT molecular complexity index is 580. The van der Waals surface area contributed by atoms with Crippen LogP contribution < -0.4 is 4.90 Å². The number of thiazole rings is 1. The molecule has 6 heteroatoms. The molecule has 2 aromatic rings. The fourth-order valence-electron chi connectivity index (χ4n) is 2.48. The fourth-order valence-corrected chi connectivity index (χ4v) is 4.00. The molecule has 0 radical (unpaired) electrons. The number of halogens is 2. The van der Waals surface area contributed by atoms with Crippen LogP contribution in [0.5, 0.6) is 0 Å². The van der Waals surface area contributed by atoms with Crippen LogP contribution >= 0.6 is 34.5 Å². The summed E-state index contributed by atoms with van der Waals surface area (Å²) in [7, 11) is 0. The second-order valence-electron chi connectivity index (χ2n) is 5.09. The highest BCUT2D eigenvalue weighted by Gasteiger charge is 2.20. The molecule has 21 heavy (non-hydrogen) atoms. The van der Waals surface area contributed by atoms with Gasteiger partial charge in [0.05, 0.1) is 10.8 Å². The van der Waals surface area contributed by atoms with Gasteiger partial charge in [0.15, 0.2) is 5.13 Å². The van der Waals surface area contributed by atoms with Gasteiger partial charge in [0.25, 0.3) is 0 Å². The van der Waals surface area contributed by atoms with Gasteiger partial charge in [-0.05, 0) is 5.56 Å². The quantitative estimate of drug-likeness (QED) is 0.787. The first-order chi connectivity index (χ1) is 10.3. The molecule has 0 saturated carbocycles. The molecular weight excluding hydrogens is 325 g/mol. The third kappa shape index (κ3) is 3.69. The van der Waals surface area contributed by atoms with Gasteiger partial charge >= 0.3 is 0 Å². The molecule has 0 unspecified atom stereocenters. The SMILES string of the molecule is ClCc1sc(N2CCN(Cc3ccccc3)CC2)nc1Cl. The van der Waals surface area contributed by atoms with E-state index in [0.29, 0.717) is 11.0 Å². The number of piperazine rings is 1. The average molecular weight is 342 g/mol. The highest BCUT2D eigenvalue weighted by molar-refractivity contribution is 7.16. The smallest absolute Gasteiger partial charge is 0.187 e. The van der Waals surface area contributed by atoms with Gasteiger partial charge in [-0.3, -0.25) is 4.90 Å². The third-order valence-corrected chi connectivity index (χ3v) is 5.62. The maximum Gasteiger partial charge on any atom is 0.187 e. The molecule has 0 amide bonds. The summed E-state index contributed by atoms with van der Waals surface area (Å²) in [6.07, 6.45) is 0. The van der Waals surface area contributed by atoms with Gasteiger partial charge in [-0.1, -0.05) is 53.3 Å². The number of anilines is 1. The lowest BCUT2D eigenvalue weighted by Crippen LogP contribution is -2.45. The van der Waals surface area contributed by atoms with E-state index >= 15 is 0 Å². The van der Waals surface area contributed by atoms with Crippen LogP contribution in [0.4, 0.5) is 5.13 Å². The maximum atomic E-state index is 6.08. The summed E-state index contributed by atoms with van der Waals surface area (Å²) >= 11 is 13.5. The molecule has 2 heterocycles. The molecule has 0 atom stereocenters. The minimum Gasteiger partial charge on any atom is -0.345 e. The number of hydrogen-bond donors (Lipinski definition) is 0. The van der Waals surface area contributed by atoms with Crippen molar-refractivity contribution in [1.29, 1.82) is 0 Å². The Balaban J connectivity index is 1.57. The van der Waals surface area contributed by atoms with Gasteiger partial charge in [0, 0.05) is 32.7 Å². The average Bonchev–Trinajstić information content (AvgIpc) is 2.90. The summed E-state index contributed by atoms with van der Waals surface area (Å²) in [6, 6.07) is 10.6. The van der Waals surface area contributed by atoms with Crippen molar-refractivity contribution < 1.29 is 0 Å². The van der Waals surface area contributed by atoms with Crippen LogP contribution in [0.2, 0.25) is 5.15 Å². The van der Waals surface area contributed by atoms with Gasteiger partial charge in [-0.25, -0.2) is 4.98 Å². The van der Waals surface area contributed by atoms with Gasteiger partial charge < -0.3 is 4.90 Å². The lowest BCUT2D eigenvalue weighted by molar-refractivity contribution is 0.250. The highest BCUT2D eigenvalue weighted by atomic mass is 35.5. The van der Waals surface area contributed by atoms with Crippen molar-refractivity contribution in [2.45, 2.75) is 12.4 Å². The van der Waals surface area contributed by atoms with Crippen LogP contribution in [-0.2, 0) is 12.4 Å². The Morgan fingerprint density at radius 2 is 1.81 bits per heavy atom. The first-order valence-electron chi connectivity index (χ1n) is 6.98. The van der Waals surface area contributed by atoms with Crippen molar-refractivity contribution in [3.05, 3.63) is 45.9 Å². The molecule has 3 rings (SSSR count). The van der Waals surface area contributed by atoms with Gasteiger partial charge in [-0.15, -0.1) is 11.6 Å². The van der Waals surface area contributed by atoms with Crippen molar-refractivity contribution >= 4 is 39.7 Å². The molecule has 0 aliphatic carbocycles. The first-order valence-corrected chi connectivity index (χ1v) is 8.71. The number of alkyl halides is 1.